The number of hydrogen-bond acceptors (Lipinski definition) is 4. The van der Waals surface area contributed by atoms with Gasteiger partial charge in [-0.3, -0.25) is 4.98 Å². The van der Waals surface area contributed by atoms with Crippen LogP contribution in [-0.2, 0) is 11.3 Å². The molecule has 0 spiro atoms. The molecule has 1 aromatic rings. The molecule has 2 rings (SSSR count). The van der Waals surface area contributed by atoms with E-state index in [1.165, 1.54) is 32.1 Å². The number of aromatic nitrogens is 1. The highest BCUT2D eigenvalue weighted by Gasteiger charge is 2.14. The van der Waals surface area contributed by atoms with Gasteiger partial charge in [-0.05, 0) is 24.8 Å². The van der Waals surface area contributed by atoms with Crippen LogP contribution in [0.3, 0.4) is 0 Å². The summed E-state index contributed by atoms with van der Waals surface area (Å²) in [4.78, 5) is 4.12. The largest absolute Gasteiger partial charge is 0.409 e. The van der Waals surface area contributed by atoms with Gasteiger partial charge in [0.15, 0.2) is 5.84 Å². The van der Waals surface area contributed by atoms with Crippen LogP contribution in [0.4, 0.5) is 0 Å². The van der Waals surface area contributed by atoms with Crippen LogP contribution in [0.15, 0.2) is 23.5 Å². The maximum absolute atomic E-state index is 8.72. The van der Waals surface area contributed by atoms with Crippen molar-refractivity contribution in [1.29, 1.82) is 0 Å². The first-order valence-corrected chi connectivity index (χ1v) is 6.81. The van der Waals surface area contributed by atoms with Crippen molar-refractivity contribution in [2.75, 3.05) is 6.61 Å². The first kappa shape index (κ1) is 13.8. The van der Waals surface area contributed by atoms with E-state index in [9.17, 15) is 0 Å². The molecule has 0 bridgehead atoms. The van der Waals surface area contributed by atoms with Crippen molar-refractivity contribution in [3.63, 3.8) is 0 Å². The van der Waals surface area contributed by atoms with E-state index < -0.39 is 0 Å². The minimum atomic E-state index is 0.0249. The summed E-state index contributed by atoms with van der Waals surface area (Å²) in [5, 5.41) is 11.7. The topological polar surface area (TPSA) is 80.7 Å². The van der Waals surface area contributed by atoms with E-state index in [2.05, 4.69) is 10.1 Å². The molecule has 19 heavy (non-hydrogen) atoms. The van der Waals surface area contributed by atoms with Gasteiger partial charge >= 0.3 is 0 Å². The Kier molecular flexibility index (Phi) is 5.15. The molecule has 0 amide bonds. The molecule has 0 unspecified atom stereocenters. The van der Waals surface area contributed by atoms with Crippen LogP contribution < -0.4 is 5.73 Å². The number of nitrogens with zero attached hydrogens (tertiary/aromatic N) is 2. The van der Waals surface area contributed by atoms with E-state index in [1.54, 1.807) is 6.20 Å². The molecule has 5 heteroatoms. The van der Waals surface area contributed by atoms with E-state index in [4.69, 9.17) is 15.7 Å². The lowest BCUT2D eigenvalue weighted by molar-refractivity contribution is 0.0737. The highest BCUT2D eigenvalue weighted by molar-refractivity contribution is 5.96. The number of nitrogens with two attached hydrogens (primary N) is 1. The summed E-state index contributed by atoms with van der Waals surface area (Å²) in [6.45, 7) is 1.24. The van der Waals surface area contributed by atoms with Gasteiger partial charge in [0.2, 0.25) is 0 Å². The van der Waals surface area contributed by atoms with Crippen molar-refractivity contribution in [3.8, 4) is 0 Å². The minimum Gasteiger partial charge on any atom is -0.409 e. The first-order chi connectivity index (χ1) is 9.31. The third-order valence-electron chi connectivity index (χ3n) is 3.58. The fourth-order valence-electron chi connectivity index (χ4n) is 2.52. The molecule has 0 atom stereocenters. The summed E-state index contributed by atoms with van der Waals surface area (Å²) in [7, 11) is 0. The third-order valence-corrected chi connectivity index (χ3v) is 3.58. The molecule has 0 saturated heterocycles. The maximum atomic E-state index is 8.72. The first-order valence-electron chi connectivity index (χ1n) is 6.81. The summed E-state index contributed by atoms with van der Waals surface area (Å²) in [6.07, 6.45) is 8.14. The summed E-state index contributed by atoms with van der Waals surface area (Å²) >= 11 is 0. The second-order valence-corrected chi connectivity index (χ2v) is 5.02. The molecule has 1 fully saturated rings. The zero-order valence-electron chi connectivity index (χ0n) is 11.1. The second-order valence-electron chi connectivity index (χ2n) is 5.02. The molecule has 0 aliphatic heterocycles. The van der Waals surface area contributed by atoms with Gasteiger partial charge in [-0.15, -0.1) is 0 Å². The van der Waals surface area contributed by atoms with Crippen molar-refractivity contribution in [2.45, 2.75) is 38.7 Å². The summed E-state index contributed by atoms with van der Waals surface area (Å²) in [5.41, 5.74) is 6.94. The molecule has 1 aliphatic carbocycles. The Labute approximate surface area is 113 Å². The van der Waals surface area contributed by atoms with Crippen LogP contribution >= 0.6 is 0 Å². The van der Waals surface area contributed by atoms with Crippen LogP contribution in [-0.4, -0.2) is 22.6 Å². The monoisotopic (exact) mass is 263 g/mol. The zero-order chi connectivity index (χ0) is 13.5. The maximum Gasteiger partial charge on any atom is 0.189 e. The summed E-state index contributed by atoms with van der Waals surface area (Å²) < 4.78 is 5.76. The molecule has 3 N–H and O–H groups in total. The van der Waals surface area contributed by atoms with Crippen molar-refractivity contribution >= 4 is 5.84 Å². The van der Waals surface area contributed by atoms with E-state index in [0.717, 1.165) is 12.2 Å². The average molecular weight is 263 g/mol. The minimum absolute atomic E-state index is 0.0249. The Hall–Kier alpha value is -1.62. The standard InChI is InChI=1S/C14H21N3O2/c15-14(17-18)13-12(7-4-8-16-13)10-19-9-11-5-2-1-3-6-11/h4,7-8,11,18H,1-3,5-6,9-10H2,(H2,15,17). The van der Waals surface area contributed by atoms with Crippen LogP contribution in [0.25, 0.3) is 0 Å². The van der Waals surface area contributed by atoms with Gasteiger partial charge in [0.1, 0.15) is 5.69 Å². The Morgan fingerprint density at radius 1 is 1.42 bits per heavy atom. The lowest BCUT2D eigenvalue weighted by Gasteiger charge is -2.21. The Balaban J connectivity index is 1.88. The smallest absolute Gasteiger partial charge is 0.189 e. The highest BCUT2D eigenvalue weighted by Crippen LogP contribution is 2.24. The van der Waals surface area contributed by atoms with Gasteiger partial charge in [-0.25, -0.2) is 0 Å². The lowest BCUT2D eigenvalue weighted by atomic mass is 9.90. The Morgan fingerprint density at radius 2 is 2.21 bits per heavy atom. The van der Waals surface area contributed by atoms with E-state index in [1.807, 2.05) is 12.1 Å². The van der Waals surface area contributed by atoms with Crippen molar-refractivity contribution in [1.82, 2.24) is 4.98 Å². The highest BCUT2D eigenvalue weighted by atomic mass is 16.5. The van der Waals surface area contributed by atoms with Crippen LogP contribution in [0.5, 0.6) is 0 Å². The predicted molar refractivity (Wildman–Crippen MR) is 73.0 cm³/mol. The molecule has 104 valence electrons. The number of amidine groups is 1. The van der Waals surface area contributed by atoms with Crippen LogP contribution in [0.1, 0.15) is 43.4 Å². The van der Waals surface area contributed by atoms with Gasteiger partial charge < -0.3 is 15.7 Å². The molecule has 0 radical (unpaired) electrons. The molecule has 1 aromatic heterocycles. The van der Waals surface area contributed by atoms with Crippen LogP contribution in [0, 0.1) is 5.92 Å². The van der Waals surface area contributed by atoms with Gasteiger partial charge in [0, 0.05) is 18.4 Å². The van der Waals surface area contributed by atoms with Crippen molar-refractivity contribution in [3.05, 3.63) is 29.6 Å². The lowest BCUT2D eigenvalue weighted by Crippen LogP contribution is -2.19. The van der Waals surface area contributed by atoms with Crippen molar-refractivity contribution < 1.29 is 9.94 Å². The van der Waals surface area contributed by atoms with E-state index >= 15 is 0 Å². The molecule has 1 saturated carbocycles. The SMILES string of the molecule is NC(=NO)c1ncccc1COCC1CCCCC1. The van der Waals surface area contributed by atoms with Gasteiger partial charge in [-0.1, -0.05) is 30.5 Å². The normalized spacial score (nSPS) is 17.6. The summed E-state index contributed by atoms with van der Waals surface area (Å²) in [6, 6.07) is 3.72. The number of hydrogen-bond donors (Lipinski definition) is 2. The van der Waals surface area contributed by atoms with E-state index in [0.29, 0.717) is 18.2 Å². The molecule has 5 nitrogen and oxygen atoms in total. The molecule has 1 heterocycles. The van der Waals surface area contributed by atoms with Gasteiger partial charge in [-0.2, -0.15) is 0 Å². The van der Waals surface area contributed by atoms with Crippen LogP contribution in [0.2, 0.25) is 0 Å². The number of pyridine rings is 1. The molecular weight excluding hydrogens is 242 g/mol. The van der Waals surface area contributed by atoms with Crippen molar-refractivity contribution in [2.24, 2.45) is 16.8 Å². The quantitative estimate of drug-likeness (QED) is 0.369. The molecule has 0 aromatic carbocycles. The second kappa shape index (κ2) is 7.09. The summed E-state index contributed by atoms with van der Waals surface area (Å²) in [5.74, 6) is 0.703. The van der Waals surface area contributed by atoms with E-state index in [-0.39, 0.29) is 5.84 Å². The molecular formula is C14H21N3O2. The Morgan fingerprint density at radius 3 is 2.95 bits per heavy atom. The fourth-order valence-corrected chi connectivity index (χ4v) is 2.52. The van der Waals surface area contributed by atoms with Gasteiger partial charge in [0.05, 0.1) is 6.61 Å². The zero-order valence-corrected chi connectivity index (χ0v) is 11.1. The average Bonchev–Trinajstić information content (AvgIpc) is 2.48. The number of rotatable bonds is 5. The van der Waals surface area contributed by atoms with Gasteiger partial charge in [0.25, 0.3) is 0 Å². The predicted octanol–water partition coefficient (Wildman–Crippen LogP) is 2.27. The Bertz CT molecular complexity index is 428. The molecule has 1 aliphatic rings. The number of oxime groups is 1. The third kappa shape index (κ3) is 3.92. The number of ether oxygens (including phenoxy) is 1. The fraction of sp³-hybridized carbons (Fsp3) is 0.571.